The molecule has 0 atom stereocenters. The summed E-state index contributed by atoms with van der Waals surface area (Å²) in [5.74, 6) is 0.320. The molecular weight excluding hydrogens is 242 g/mol. The Hall–Kier alpha value is -2.49. The number of phenols is 1. The molecule has 4 heteroatoms. The van der Waals surface area contributed by atoms with Crippen LogP contribution < -0.4 is 10.5 Å². The van der Waals surface area contributed by atoms with Gasteiger partial charge in [-0.25, -0.2) is 0 Å². The molecule has 0 aliphatic heterocycles. The van der Waals surface area contributed by atoms with Crippen molar-refractivity contribution in [2.45, 2.75) is 13.5 Å². The number of primary amides is 1. The Kier molecular flexibility index (Phi) is 3.71. The highest BCUT2D eigenvalue weighted by Gasteiger charge is 2.05. The van der Waals surface area contributed by atoms with Crippen molar-refractivity contribution in [1.82, 2.24) is 0 Å². The summed E-state index contributed by atoms with van der Waals surface area (Å²) in [5, 5.41) is 9.33. The molecule has 0 aliphatic rings. The standard InChI is InChI=1S/C15H15NO3/c1-10-7-11(15(16)18)5-6-12(10)9-19-14-4-2-3-13(17)8-14/h2-8,17H,9H2,1H3,(H2,16,18). The van der Waals surface area contributed by atoms with Crippen LogP contribution in [0.2, 0.25) is 0 Å². The predicted molar refractivity (Wildman–Crippen MR) is 72.1 cm³/mol. The van der Waals surface area contributed by atoms with Crippen LogP contribution in [0.15, 0.2) is 42.5 Å². The number of phenolic OH excluding ortho intramolecular Hbond substituents is 1. The van der Waals surface area contributed by atoms with E-state index in [0.717, 1.165) is 11.1 Å². The number of ether oxygens (including phenoxy) is 1. The molecule has 0 saturated carbocycles. The fourth-order valence-corrected chi connectivity index (χ4v) is 1.75. The molecule has 2 aromatic carbocycles. The first-order valence-corrected chi connectivity index (χ1v) is 5.87. The molecule has 3 N–H and O–H groups in total. The monoisotopic (exact) mass is 257 g/mol. The number of aryl methyl sites for hydroxylation is 1. The SMILES string of the molecule is Cc1cc(C(N)=O)ccc1COc1cccc(O)c1. The van der Waals surface area contributed by atoms with Gasteiger partial charge >= 0.3 is 0 Å². The Morgan fingerprint density at radius 3 is 2.68 bits per heavy atom. The highest BCUT2D eigenvalue weighted by molar-refractivity contribution is 5.93. The van der Waals surface area contributed by atoms with E-state index in [1.165, 1.54) is 0 Å². The molecule has 2 aromatic rings. The third kappa shape index (κ3) is 3.25. The summed E-state index contributed by atoms with van der Waals surface area (Å²) in [6, 6.07) is 11.9. The summed E-state index contributed by atoms with van der Waals surface area (Å²) in [4.78, 5) is 11.0. The van der Waals surface area contributed by atoms with Crippen LogP contribution >= 0.6 is 0 Å². The number of carbonyl (C=O) groups excluding carboxylic acids is 1. The Morgan fingerprint density at radius 1 is 1.26 bits per heavy atom. The average Bonchev–Trinajstić information content (AvgIpc) is 2.37. The van der Waals surface area contributed by atoms with Crippen LogP contribution in [0.5, 0.6) is 11.5 Å². The second kappa shape index (κ2) is 5.44. The summed E-state index contributed by atoms with van der Waals surface area (Å²) in [5.41, 5.74) is 7.61. The third-order valence-corrected chi connectivity index (χ3v) is 2.84. The summed E-state index contributed by atoms with van der Waals surface area (Å²) >= 11 is 0. The molecule has 0 fully saturated rings. The topological polar surface area (TPSA) is 72.6 Å². The highest BCUT2D eigenvalue weighted by Crippen LogP contribution is 2.20. The Balaban J connectivity index is 2.10. The molecule has 0 saturated heterocycles. The van der Waals surface area contributed by atoms with Gasteiger partial charge < -0.3 is 15.6 Å². The molecule has 1 amide bonds. The van der Waals surface area contributed by atoms with Crippen molar-refractivity contribution < 1.29 is 14.6 Å². The zero-order valence-corrected chi connectivity index (χ0v) is 10.6. The number of benzene rings is 2. The molecule has 19 heavy (non-hydrogen) atoms. The van der Waals surface area contributed by atoms with Gasteiger partial charge in [0.25, 0.3) is 0 Å². The largest absolute Gasteiger partial charge is 0.508 e. The lowest BCUT2D eigenvalue weighted by atomic mass is 10.1. The first-order chi connectivity index (χ1) is 9.06. The quantitative estimate of drug-likeness (QED) is 0.883. The minimum absolute atomic E-state index is 0.165. The molecule has 0 heterocycles. The van der Waals surface area contributed by atoms with Crippen molar-refractivity contribution >= 4 is 5.91 Å². The third-order valence-electron chi connectivity index (χ3n) is 2.84. The van der Waals surface area contributed by atoms with Gasteiger partial charge in [-0.3, -0.25) is 4.79 Å². The van der Waals surface area contributed by atoms with Crippen LogP contribution in [0.1, 0.15) is 21.5 Å². The van der Waals surface area contributed by atoms with Crippen LogP contribution in [-0.4, -0.2) is 11.0 Å². The predicted octanol–water partition coefficient (Wildman–Crippen LogP) is 2.38. The maximum Gasteiger partial charge on any atom is 0.248 e. The van der Waals surface area contributed by atoms with Crippen LogP contribution in [-0.2, 0) is 6.61 Å². The highest BCUT2D eigenvalue weighted by atomic mass is 16.5. The second-order valence-corrected chi connectivity index (χ2v) is 4.29. The summed E-state index contributed by atoms with van der Waals surface area (Å²) in [7, 11) is 0. The lowest BCUT2D eigenvalue weighted by Gasteiger charge is -2.09. The van der Waals surface area contributed by atoms with Crippen molar-refractivity contribution in [3.05, 3.63) is 59.2 Å². The number of aromatic hydroxyl groups is 1. The van der Waals surface area contributed by atoms with Crippen molar-refractivity contribution in [2.75, 3.05) is 0 Å². The van der Waals surface area contributed by atoms with Gasteiger partial charge in [-0.1, -0.05) is 12.1 Å². The van der Waals surface area contributed by atoms with E-state index in [-0.39, 0.29) is 5.75 Å². The van der Waals surface area contributed by atoms with E-state index < -0.39 is 5.91 Å². The number of hydrogen-bond donors (Lipinski definition) is 2. The van der Waals surface area contributed by atoms with E-state index in [4.69, 9.17) is 10.5 Å². The van der Waals surface area contributed by atoms with Crippen LogP contribution in [0.3, 0.4) is 0 Å². The maximum absolute atomic E-state index is 11.0. The summed E-state index contributed by atoms with van der Waals surface area (Å²) in [6.45, 7) is 2.27. The molecule has 4 nitrogen and oxygen atoms in total. The van der Waals surface area contributed by atoms with E-state index in [1.807, 2.05) is 13.0 Å². The molecule has 0 aromatic heterocycles. The Labute approximate surface area is 111 Å². The first kappa shape index (κ1) is 13.0. The molecule has 0 radical (unpaired) electrons. The Bertz CT molecular complexity index is 608. The minimum Gasteiger partial charge on any atom is -0.508 e. The molecule has 2 rings (SSSR count). The minimum atomic E-state index is -0.441. The first-order valence-electron chi connectivity index (χ1n) is 5.87. The van der Waals surface area contributed by atoms with Gasteiger partial charge in [0.05, 0.1) is 0 Å². The molecule has 98 valence electrons. The number of rotatable bonds is 4. The van der Waals surface area contributed by atoms with Crippen LogP contribution in [0.4, 0.5) is 0 Å². The van der Waals surface area contributed by atoms with E-state index in [2.05, 4.69) is 0 Å². The van der Waals surface area contributed by atoms with Gasteiger partial charge in [0.1, 0.15) is 18.1 Å². The van der Waals surface area contributed by atoms with E-state index >= 15 is 0 Å². The van der Waals surface area contributed by atoms with Crippen molar-refractivity contribution in [3.63, 3.8) is 0 Å². The fourth-order valence-electron chi connectivity index (χ4n) is 1.75. The Morgan fingerprint density at radius 2 is 2.05 bits per heavy atom. The van der Waals surface area contributed by atoms with Crippen LogP contribution in [0.25, 0.3) is 0 Å². The smallest absolute Gasteiger partial charge is 0.248 e. The molecule has 0 bridgehead atoms. The van der Waals surface area contributed by atoms with Crippen LogP contribution in [0, 0.1) is 6.92 Å². The maximum atomic E-state index is 11.0. The number of amides is 1. The fraction of sp³-hybridized carbons (Fsp3) is 0.133. The number of nitrogens with two attached hydrogens (primary N) is 1. The number of hydrogen-bond acceptors (Lipinski definition) is 3. The molecule has 0 unspecified atom stereocenters. The zero-order valence-electron chi connectivity index (χ0n) is 10.6. The van der Waals surface area contributed by atoms with E-state index in [1.54, 1.807) is 36.4 Å². The number of carbonyl (C=O) groups is 1. The van der Waals surface area contributed by atoms with Crippen molar-refractivity contribution in [2.24, 2.45) is 5.73 Å². The molecule has 0 spiro atoms. The average molecular weight is 257 g/mol. The summed E-state index contributed by atoms with van der Waals surface area (Å²) < 4.78 is 5.58. The van der Waals surface area contributed by atoms with Gasteiger partial charge in [-0.15, -0.1) is 0 Å². The van der Waals surface area contributed by atoms with Gasteiger partial charge in [0.2, 0.25) is 5.91 Å². The molecular formula is C15H15NO3. The second-order valence-electron chi connectivity index (χ2n) is 4.29. The van der Waals surface area contributed by atoms with Crippen molar-refractivity contribution in [1.29, 1.82) is 0 Å². The van der Waals surface area contributed by atoms with E-state index in [0.29, 0.717) is 17.9 Å². The van der Waals surface area contributed by atoms with Gasteiger partial charge in [-0.05, 0) is 42.3 Å². The lowest BCUT2D eigenvalue weighted by molar-refractivity contribution is 0.1000. The van der Waals surface area contributed by atoms with Gasteiger partial charge in [0.15, 0.2) is 0 Å². The zero-order chi connectivity index (χ0) is 13.8. The lowest BCUT2D eigenvalue weighted by Crippen LogP contribution is -2.11. The normalized spacial score (nSPS) is 10.2. The van der Waals surface area contributed by atoms with Crippen molar-refractivity contribution in [3.8, 4) is 11.5 Å². The van der Waals surface area contributed by atoms with Gasteiger partial charge in [0, 0.05) is 11.6 Å². The van der Waals surface area contributed by atoms with Gasteiger partial charge in [-0.2, -0.15) is 0 Å². The molecule has 0 aliphatic carbocycles. The van der Waals surface area contributed by atoms with E-state index in [9.17, 15) is 9.90 Å². The summed E-state index contributed by atoms with van der Waals surface area (Å²) in [6.07, 6.45) is 0.